The minimum absolute atomic E-state index is 0.0967. The standard InChI is InChI=1S/C21H27N5O3/c1-6-12-23-17-16(13-22)18(28-14-15-10-8-7-9-11-15)25-19(24-17)26(5)20(27)29-21(2,3)4/h6-11,13,22H,1,12,14H2,2-5H3,(H,23,24,25). The van der Waals surface area contributed by atoms with Crippen LogP contribution in [0.5, 0.6) is 5.88 Å². The van der Waals surface area contributed by atoms with Gasteiger partial charge in [0.05, 0.1) is 5.56 Å². The van der Waals surface area contributed by atoms with Crippen LogP contribution in [0.15, 0.2) is 43.0 Å². The highest BCUT2D eigenvalue weighted by atomic mass is 16.6. The van der Waals surface area contributed by atoms with Crippen LogP contribution < -0.4 is 15.0 Å². The molecule has 2 N–H and O–H groups in total. The van der Waals surface area contributed by atoms with E-state index in [1.807, 2.05) is 30.3 Å². The Morgan fingerprint density at radius 1 is 1.28 bits per heavy atom. The molecule has 29 heavy (non-hydrogen) atoms. The first-order chi connectivity index (χ1) is 13.7. The van der Waals surface area contributed by atoms with Crippen molar-refractivity contribution in [1.29, 1.82) is 5.41 Å². The fraction of sp³-hybridized carbons (Fsp3) is 0.333. The molecule has 1 heterocycles. The third kappa shape index (κ3) is 6.31. The first kappa shape index (κ1) is 21.9. The zero-order valence-corrected chi connectivity index (χ0v) is 17.2. The molecule has 0 bridgehead atoms. The predicted octanol–water partition coefficient (Wildman–Crippen LogP) is 4.02. The number of rotatable bonds is 8. The maximum Gasteiger partial charge on any atom is 0.416 e. The fourth-order valence-corrected chi connectivity index (χ4v) is 2.27. The second-order valence-corrected chi connectivity index (χ2v) is 7.22. The molecule has 2 aromatic rings. The van der Waals surface area contributed by atoms with Crippen LogP contribution in [-0.2, 0) is 11.3 Å². The number of amides is 1. The van der Waals surface area contributed by atoms with Crippen LogP contribution in [-0.4, -0.2) is 41.5 Å². The molecule has 0 fully saturated rings. The van der Waals surface area contributed by atoms with Crippen LogP contribution in [0.1, 0.15) is 31.9 Å². The number of carbonyl (C=O) groups excluding carboxylic acids is 1. The molecular formula is C21H27N5O3. The molecule has 1 aromatic carbocycles. The van der Waals surface area contributed by atoms with Gasteiger partial charge in [0.25, 0.3) is 0 Å². The number of benzene rings is 1. The number of ether oxygens (including phenoxy) is 2. The maximum absolute atomic E-state index is 12.4. The van der Waals surface area contributed by atoms with Crippen LogP contribution in [0, 0.1) is 5.41 Å². The topological polar surface area (TPSA) is 100 Å². The first-order valence-corrected chi connectivity index (χ1v) is 9.16. The van der Waals surface area contributed by atoms with Gasteiger partial charge in [0.2, 0.25) is 11.8 Å². The van der Waals surface area contributed by atoms with Gasteiger partial charge in [-0.2, -0.15) is 9.97 Å². The molecule has 0 spiro atoms. The van der Waals surface area contributed by atoms with Gasteiger partial charge in [-0.3, -0.25) is 0 Å². The quantitative estimate of drug-likeness (QED) is 0.515. The van der Waals surface area contributed by atoms with Crippen molar-refractivity contribution in [1.82, 2.24) is 9.97 Å². The summed E-state index contributed by atoms with van der Waals surface area (Å²) in [6.07, 6.45) is 2.18. The van der Waals surface area contributed by atoms with Crippen molar-refractivity contribution < 1.29 is 14.3 Å². The lowest BCUT2D eigenvalue weighted by Crippen LogP contribution is -2.35. The van der Waals surface area contributed by atoms with E-state index in [1.54, 1.807) is 26.8 Å². The fourth-order valence-electron chi connectivity index (χ4n) is 2.27. The number of hydrogen-bond donors (Lipinski definition) is 2. The lowest BCUT2D eigenvalue weighted by Gasteiger charge is -2.24. The summed E-state index contributed by atoms with van der Waals surface area (Å²) in [7, 11) is 1.52. The lowest BCUT2D eigenvalue weighted by atomic mass is 10.2. The van der Waals surface area contributed by atoms with Gasteiger partial charge in [-0.15, -0.1) is 6.58 Å². The monoisotopic (exact) mass is 397 g/mol. The minimum Gasteiger partial charge on any atom is -0.472 e. The summed E-state index contributed by atoms with van der Waals surface area (Å²) in [6.45, 7) is 9.70. The summed E-state index contributed by atoms with van der Waals surface area (Å²) in [5, 5.41) is 10.8. The van der Waals surface area contributed by atoms with Gasteiger partial charge in [-0.1, -0.05) is 36.4 Å². The summed E-state index contributed by atoms with van der Waals surface area (Å²) >= 11 is 0. The molecule has 0 aliphatic rings. The largest absolute Gasteiger partial charge is 0.472 e. The van der Waals surface area contributed by atoms with E-state index in [-0.39, 0.29) is 18.4 Å². The molecule has 0 aliphatic carbocycles. The van der Waals surface area contributed by atoms with Gasteiger partial charge in [0.15, 0.2) is 0 Å². The molecule has 8 nitrogen and oxygen atoms in total. The molecule has 2 rings (SSSR count). The van der Waals surface area contributed by atoms with Gasteiger partial charge < -0.3 is 20.2 Å². The van der Waals surface area contributed by atoms with Crippen LogP contribution in [0.25, 0.3) is 0 Å². The van der Waals surface area contributed by atoms with Crippen LogP contribution in [0.4, 0.5) is 16.6 Å². The Bertz CT molecular complexity index is 863. The van der Waals surface area contributed by atoms with Gasteiger partial charge in [-0.25, -0.2) is 9.69 Å². The number of hydrogen-bond acceptors (Lipinski definition) is 7. The summed E-state index contributed by atoms with van der Waals surface area (Å²) in [4.78, 5) is 22.4. The third-order valence-electron chi connectivity index (χ3n) is 3.64. The van der Waals surface area contributed by atoms with E-state index >= 15 is 0 Å². The SMILES string of the molecule is C=CCNc1nc(N(C)C(=O)OC(C)(C)C)nc(OCc2ccccc2)c1C=N. The zero-order chi connectivity index (χ0) is 21.4. The average Bonchev–Trinajstić information content (AvgIpc) is 2.69. The Kier molecular flexibility index (Phi) is 7.30. The molecule has 0 aliphatic heterocycles. The number of carbonyl (C=O) groups is 1. The van der Waals surface area contributed by atoms with E-state index < -0.39 is 11.7 Å². The normalized spacial score (nSPS) is 10.8. The zero-order valence-electron chi connectivity index (χ0n) is 17.2. The smallest absolute Gasteiger partial charge is 0.416 e. The number of nitrogens with zero attached hydrogens (tertiary/aromatic N) is 3. The van der Waals surface area contributed by atoms with Crippen molar-refractivity contribution in [2.75, 3.05) is 23.8 Å². The third-order valence-corrected chi connectivity index (χ3v) is 3.64. The van der Waals surface area contributed by atoms with E-state index in [9.17, 15) is 4.79 Å². The highest BCUT2D eigenvalue weighted by Gasteiger charge is 2.24. The van der Waals surface area contributed by atoms with Gasteiger partial charge in [-0.05, 0) is 26.3 Å². The van der Waals surface area contributed by atoms with E-state index in [2.05, 4.69) is 21.9 Å². The summed E-state index contributed by atoms with van der Waals surface area (Å²) < 4.78 is 11.2. The molecule has 0 saturated carbocycles. The number of anilines is 2. The van der Waals surface area contributed by atoms with Gasteiger partial charge >= 0.3 is 6.09 Å². The molecule has 0 radical (unpaired) electrons. The van der Waals surface area contributed by atoms with E-state index in [4.69, 9.17) is 14.9 Å². The highest BCUT2D eigenvalue weighted by molar-refractivity contribution is 5.90. The highest BCUT2D eigenvalue weighted by Crippen LogP contribution is 2.26. The Hall–Kier alpha value is -3.42. The van der Waals surface area contributed by atoms with Crippen molar-refractivity contribution in [3.05, 3.63) is 54.1 Å². The summed E-state index contributed by atoms with van der Waals surface area (Å²) in [5.74, 6) is 0.652. The summed E-state index contributed by atoms with van der Waals surface area (Å²) in [5.41, 5.74) is 0.672. The second kappa shape index (κ2) is 9.68. The molecule has 0 unspecified atom stereocenters. The molecule has 1 aromatic heterocycles. The Morgan fingerprint density at radius 3 is 2.55 bits per heavy atom. The molecule has 8 heteroatoms. The van der Waals surface area contributed by atoms with Crippen LogP contribution in [0.2, 0.25) is 0 Å². The van der Waals surface area contributed by atoms with Crippen molar-refractivity contribution in [3.63, 3.8) is 0 Å². The van der Waals surface area contributed by atoms with Gasteiger partial charge in [0, 0.05) is 19.8 Å². The molecular weight excluding hydrogens is 370 g/mol. The van der Waals surface area contributed by atoms with Crippen molar-refractivity contribution in [2.24, 2.45) is 0 Å². The first-order valence-electron chi connectivity index (χ1n) is 9.16. The lowest BCUT2D eigenvalue weighted by molar-refractivity contribution is 0.0587. The summed E-state index contributed by atoms with van der Waals surface area (Å²) in [6, 6.07) is 9.60. The van der Waals surface area contributed by atoms with Crippen molar-refractivity contribution >= 4 is 24.1 Å². The minimum atomic E-state index is -0.656. The molecule has 154 valence electrons. The molecule has 1 amide bonds. The van der Waals surface area contributed by atoms with Gasteiger partial charge in [0.1, 0.15) is 18.0 Å². The van der Waals surface area contributed by atoms with Crippen LogP contribution >= 0.6 is 0 Å². The maximum atomic E-state index is 12.4. The molecule has 0 saturated heterocycles. The van der Waals surface area contributed by atoms with E-state index in [0.29, 0.717) is 17.9 Å². The Morgan fingerprint density at radius 2 is 1.97 bits per heavy atom. The number of aromatic nitrogens is 2. The van der Waals surface area contributed by atoms with E-state index in [1.165, 1.54) is 11.9 Å². The Labute approximate surface area is 171 Å². The number of nitrogens with one attached hydrogen (secondary N) is 2. The van der Waals surface area contributed by atoms with Crippen molar-refractivity contribution in [3.8, 4) is 5.88 Å². The van der Waals surface area contributed by atoms with Crippen LogP contribution in [0.3, 0.4) is 0 Å². The molecule has 0 atom stereocenters. The Balaban J connectivity index is 2.38. The van der Waals surface area contributed by atoms with Crippen molar-refractivity contribution in [2.45, 2.75) is 33.0 Å². The predicted molar refractivity (Wildman–Crippen MR) is 114 cm³/mol. The van der Waals surface area contributed by atoms with E-state index in [0.717, 1.165) is 11.8 Å². The average molecular weight is 397 g/mol. The second-order valence-electron chi connectivity index (χ2n) is 7.22.